The SMILES string of the molecule is CC(NC(=O)C1(C)CCCC1)c1cccc(C#CCO)c1. The molecule has 1 atom stereocenters. The summed E-state index contributed by atoms with van der Waals surface area (Å²) < 4.78 is 0. The van der Waals surface area contributed by atoms with Gasteiger partial charge in [0.2, 0.25) is 5.91 Å². The minimum absolute atomic E-state index is 0.0363. The molecule has 3 heteroatoms. The number of benzene rings is 1. The van der Waals surface area contributed by atoms with Crippen molar-refractivity contribution < 1.29 is 9.90 Å². The molecule has 0 aliphatic heterocycles. The Morgan fingerprint density at radius 2 is 2.14 bits per heavy atom. The zero-order valence-corrected chi connectivity index (χ0v) is 12.8. The van der Waals surface area contributed by atoms with Crippen molar-refractivity contribution in [2.24, 2.45) is 5.41 Å². The molecule has 0 saturated heterocycles. The van der Waals surface area contributed by atoms with Crippen LogP contribution < -0.4 is 5.32 Å². The van der Waals surface area contributed by atoms with Crippen LogP contribution in [0.1, 0.15) is 56.7 Å². The van der Waals surface area contributed by atoms with Gasteiger partial charge < -0.3 is 10.4 Å². The van der Waals surface area contributed by atoms with Crippen LogP contribution in [0.2, 0.25) is 0 Å². The number of amides is 1. The summed E-state index contributed by atoms with van der Waals surface area (Å²) in [4.78, 5) is 12.4. The first-order valence-electron chi connectivity index (χ1n) is 7.56. The standard InChI is InChI=1S/C18H23NO2/c1-14(19-17(21)18(2)10-3-4-11-18)16-9-5-7-15(13-16)8-6-12-20/h5,7,9,13-14,20H,3-4,10-12H2,1-2H3,(H,19,21). The van der Waals surface area contributed by atoms with E-state index in [9.17, 15) is 4.79 Å². The molecule has 3 nitrogen and oxygen atoms in total. The Morgan fingerprint density at radius 1 is 1.43 bits per heavy atom. The second kappa shape index (κ2) is 6.78. The smallest absolute Gasteiger partial charge is 0.226 e. The summed E-state index contributed by atoms with van der Waals surface area (Å²) in [5.41, 5.74) is 1.69. The Bertz CT molecular complexity index is 562. The summed E-state index contributed by atoms with van der Waals surface area (Å²) in [5.74, 6) is 5.69. The molecule has 2 N–H and O–H groups in total. The van der Waals surface area contributed by atoms with Crippen LogP contribution in [-0.2, 0) is 4.79 Å². The molecule has 1 aliphatic carbocycles. The Hall–Kier alpha value is -1.79. The van der Waals surface area contributed by atoms with Gasteiger partial charge in [-0.1, -0.05) is 43.7 Å². The van der Waals surface area contributed by atoms with Crippen molar-refractivity contribution in [2.45, 2.75) is 45.6 Å². The van der Waals surface area contributed by atoms with Crippen molar-refractivity contribution in [1.29, 1.82) is 0 Å². The van der Waals surface area contributed by atoms with E-state index in [1.807, 2.05) is 31.2 Å². The largest absolute Gasteiger partial charge is 0.384 e. The predicted molar refractivity (Wildman–Crippen MR) is 83.5 cm³/mol. The lowest BCUT2D eigenvalue weighted by molar-refractivity contribution is -0.130. The molecule has 0 aromatic heterocycles. The summed E-state index contributed by atoms with van der Waals surface area (Å²) in [7, 11) is 0. The molecule has 0 spiro atoms. The maximum Gasteiger partial charge on any atom is 0.226 e. The van der Waals surface area contributed by atoms with E-state index in [0.29, 0.717) is 0 Å². The van der Waals surface area contributed by atoms with Crippen molar-refractivity contribution in [2.75, 3.05) is 6.61 Å². The van der Waals surface area contributed by atoms with Crippen LogP contribution in [0.5, 0.6) is 0 Å². The van der Waals surface area contributed by atoms with Gasteiger partial charge in [-0.15, -0.1) is 0 Å². The highest BCUT2D eigenvalue weighted by Crippen LogP contribution is 2.38. The lowest BCUT2D eigenvalue weighted by Crippen LogP contribution is -2.38. The summed E-state index contributed by atoms with van der Waals surface area (Å²) in [6, 6.07) is 7.75. The third kappa shape index (κ3) is 3.86. The maximum atomic E-state index is 12.4. The van der Waals surface area contributed by atoms with Gasteiger partial charge in [-0.3, -0.25) is 4.79 Å². The summed E-state index contributed by atoms with van der Waals surface area (Å²) >= 11 is 0. The molecule has 1 aromatic carbocycles. The topological polar surface area (TPSA) is 49.3 Å². The van der Waals surface area contributed by atoms with Crippen LogP contribution in [0, 0.1) is 17.3 Å². The fraction of sp³-hybridized carbons (Fsp3) is 0.500. The lowest BCUT2D eigenvalue weighted by Gasteiger charge is -2.25. The zero-order chi connectivity index (χ0) is 15.3. The van der Waals surface area contributed by atoms with E-state index in [-0.39, 0.29) is 24.0 Å². The number of carbonyl (C=O) groups excluding carboxylic acids is 1. The highest BCUT2D eigenvalue weighted by molar-refractivity contribution is 5.82. The average molecular weight is 285 g/mol. The maximum absolute atomic E-state index is 12.4. The molecular formula is C18H23NO2. The number of nitrogens with one attached hydrogen (secondary N) is 1. The van der Waals surface area contributed by atoms with Crippen LogP contribution in [0.4, 0.5) is 0 Å². The van der Waals surface area contributed by atoms with E-state index in [0.717, 1.165) is 36.8 Å². The Balaban J connectivity index is 2.06. The van der Waals surface area contributed by atoms with Crippen molar-refractivity contribution in [1.82, 2.24) is 5.32 Å². The van der Waals surface area contributed by atoms with Crippen LogP contribution in [0.15, 0.2) is 24.3 Å². The van der Waals surface area contributed by atoms with E-state index < -0.39 is 0 Å². The number of rotatable bonds is 3. The zero-order valence-electron chi connectivity index (χ0n) is 12.8. The molecule has 1 unspecified atom stereocenters. The number of hydrogen-bond acceptors (Lipinski definition) is 2. The van der Waals surface area contributed by atoms with Crippen LogP contribution in [-0.4, -0.2) is 17.6 Å². The molecule has 1 aromatic rings. The summed E-state index contributed by atoms with van der Waals surface area (Å²) in [6.45, 7) is 3.91. The molecular weight excluding hydrogens is 262 g/mol. The van der Waals surface area contributed by atoms with Crippen LogP contribution in [0.25, 0.3) is 0 Å². The van der Waals surface area contributed by atoms with Gasteiger partial charge in [-0.25, -0.2) is 0 Å². The molecule has 0 bridgehead atoms. The second-order valence-corrected chi connectivity index (χ2v) is 6.05. The van der Waals surface area contributed by atoms with Gasteiger partial charge in [-0.05, 0) is 37.5 Å². The van der Waals surface area contributed by atoms with Crippen LogP contribution >= 0.6 is 0 Å². The van der Waals surface area contributed by atoms with Crippen molar-refractivity contribution >= 4 is 5.91 Å². The predicted octanol–water partition coefficient (Wildman–Crippen LogP) is 2.79. The Labute approximate surface area is 126 Å². The second-order valence-electron chi connectivity index (χ2n) is 6.05. The average Bonchev–Trinajstić information content (AvgIpc) is 2.93. The first-order valence-corrected chi connectivity index (χ1v) is 7.56. The molecule has 0 heterocycles. The van der Waals surface area contributed by atoms with Gasteiger partial charge in [-0.2, -0.15) is 0 Å². The lowest BCUT2D eigenvalue weighted by atomic mass is 9.87. The molecule has 1 amide bonds. The number of aliphatic hydroxyl groups is 1. The highest BCUT2D eigenvalue weighted by atomic mass is 16.2. The van der Waals surface area contributed by atoms with Gasteiger partial charge in [0.25, 0.3) is 0 Å². The molecule has 1 saturated carbocycles. The van der Waals surface area contributed by atoms with E-state index in [4.69, 9.17) is 5.11 Å². The van der Waals surface area contributed by atoms with Gasteiger partial charge in [0.05, 0.1) is 6.04 Å². The van der Waals surface area contributed by atoms with Crippen LogP contribution in [0.3, 0.4) is 0 Å². The fourth-order valence-electron chi connectivity index (χ4n) is 2.86. The van der Waals surface area contributed by atoms with Gasteiger partial charge >= 0.3 is 0 Å². The molecule has 0 radical (unpaired) electrons. The van der Waals surface area contributed by atoms with E-state index in [2.05, 4.69) is 24.1 Å². The number of hydrogen-bond donors (Lipinski definition) is 2. The summed E-state index contributed by atoms with van der Waals surface area (Å²) in [6.07, 6.45) is 4.25. The van der Waals surface area contributed by atoms with Crippen molar-refractivity contribution in [3.05, 3.63) is 35.4 Å². The molecule has 2 rings (SSSR count). The monoisotopic (exact) mass is 285 g/mol. The van der Waals surface area contributed by atoms with E-state index >= 15 is 0 Å². The Kier molecular flexibility index (Phi) is 5.03. The minimum atomic E-state index is -0.206. The minimum Gasteiger partial charge on any atom is -0.384 e. The van der Waals surface area contributed by atoms with Gasteiger partial charge in [0, 0.05) is 11.0 Å². The fourth-order valence-corrected chi connectivity index (χ4v) is 2.86. The quantitative estimate of drug-likeness (QED) is 0.839. The van der Waals surface area contributed by atoms with Gasteiger partial charge in [0.15, 0.2) is 0 Å². The molecule has 112 valence electrons. The summed E-state index contributed by atoms with van der Waals surface area (Å²) in [5, 5.41) is 11.9. The molecule has 1 aliphatic rings. The molecule has 21 heavy (non-hydrogen) atoms. The Morgan fingerprint density at radius 3 is 2.81 bits per heavy atom. The normalized spacial score (nSPS) is 17.7. The molecule has 1 fully saturated rings. The van der Waals surface area contributed by atoms with Gasteiger partial charge in [0.1, 0.15) is 6.61 Å². The first kappa shape index (κ1) is 15.6. The van der Waals surface area contributed by atoms with E-state index in [1.165, 1.54) is 0 Å². The number of carbonyl (C=O) groups is 1. The first-order chi connectivity index (χ1) is 10.0. The van der Waals surface area contributed by atoms with Crippen molar-refractivity contribution in [3.63, 3.8) is 0 Å². The highest BCUT2D eigenvalue weighted by Gasteiger charge is 2.36. The number of aliphatic hydroxyl groups excluding tert-OH is 1. The van der Waals surface area contributed by atoms with Crippen molar-refractivity contribution in [3.8, 4) is 11.8 Å². The third-order valence-corrected chi connectivity index (χ3v) is 4.30. The van der Waals surface area contributed by atoms with E-state index in [1.54, 1.807) is 0 Å². The third-order valence-electron chi connectivity index (χ3n) is 4.30.